The minimum Gasteiger partial charge on any atom is -0.396 e. The molecule has 17 heavy (non-hydrogen) atoms. The van der Waals surface area contributed by atoms with Crippen molar-refractivity contribution in [3.05, 3.63) is 11.9 Å². The quantitative estimate of drug-likeness (QED) is 0.632. The van der Waals surface area contributed by atoms with E-state index in [2.05, 4.69) is 10.2 Å². The number of rotatable bonds is 2. The van der Waals surface area contributed by atoms with Crippen molar-refractivity contribution in [1.82, 2.24) is 15.1 Å². The van der Waals surface area contributed by atoms with E-state index in [4.69, 9.17) is 11.5 Å². The maximum Gasteiger partial charge on any atom is 0.274 e. The highest BCUT2D eigenvalue weighted by molar-refractivity contribution is 5.97. The van der Waals surface area contributed by atoms with Crippen LogP contribution in [0.15, 0.2) is 6.20 Å². The Balaban J connectivity index is 2.00. The minimum absolute atomic E-state index is 0.127. The lowest BCUT2D eigenvalue weighted by molar-refractivity contribution is -0.123. The number of piperidine rings is 1. The Kier molecular flexibility index (Phi) is 2.99. The maximum atomic E-state index is 12.0. The Labute approximate surface area is 98.1 Å². The fourth-order valence-electron chi connectivity index (χ4n) is 1.99. The van der Waals surface area contributed by atoms with Crippen LogP contribution < -0.4 is 11.5 Å². The summed E-state index contributed by atoms with van der Waals surface area (Å²) < 4.78 is 0. The second kappa shape index (κ2) is 4.44. The van der Waals surface area contributed by atoms with Gasteiger partial charge in [0.05, 0.1) is 11.9 Å². The molecule has 0 aliphatic carbocycles. The molecule has 7 nitrogen and oxygen atoms in total. The number of nitrogen functional groups attached to an aromatic ring is 1. The predicted molar refractivity (Wildman–Crippen MR) is 60.8 cm³/mol. The van der Waals surface area contributed by atoms with Crippen LogP contribution in [0, 0.1) is 5.92 Å². The SMILES string of the molecule is NC(=O)C1CCN(C(=O)c2[nH]ncc2N)CC1. The first kappa shape index (κ1) is 11.4. The molecule has 1 aromatic heterocycles. The second-order valence-electron chi connectivity index (χ2n) is 4.17. The van der Waals surface area contributed by atoms with Gasteiger partial charge >= 0.3 is 0 Å². The highest BCUT2D eigenvalue weighted by atomic mass is 16.2. The smallest absolute Gasteiger partial charge is 0.274 e. The van der Waals surface area contributed by atoms with Gasteiger partial charge in [0.1, 0.15) is 5.69 Å². The van der Waals surface area contributed by atoms with Gasteiger partial charge in [-0.15, -0.1) is 0 Å². The van der Waals surface area contributed by atoms with Crippen molar-refractivity contribution in [2.45, 2.75) is 12.8 Å². The summed E-state index contributed by atoms with van der Waals surface area (Å²) in [6, 6.07) is 0. The van der Waals surface area contributed by atoms with Gasteiger partial charge in [-0.2, -0.15) is 5.10 Å². The van der Waals surface area contributed by atoms with Gasteiger partial charge in [-0.25, -0.2) is 0 Å². The molecule has 0 bridgehead atoms. The lowest BCUT2D eigenvalue weighted by atomic mass is 9.96. The zero-order chi connectivity index (χ0) is 12.4. The molecule has 0 unspecified atom stereocenters. The van der Waals surface area contributed by atoms with E-state index in [9.17, 15) is 9.59 Å². The zero-order valence-electron chi connectivity index (χ0n) is 9.35. The van der Waals surface area contributed by atoms with Crippen LogP contribution in [0.1, 0.15) is 23.3 Å². The molecule has 1 saturated heterocycles. The number of carbonyl (C=O) groups is 2. The standard InChI is InChI=1S/C10H15N5O2/c11-7-5-13-14-8(7)10(17)15-3-1-6(2-4-15)9(12)16/h5-6H,1-4,11H2,(H2,12,16)(H,13,14). The van der Waals surface area contributed by atoms with Crippen molar-refractivity contribution in [2.24, 2.45) is 11.7 Å². The van der Waals surface area contributed by atoms with E-state index in [1.807, 2.05) is 0 Å². The molecule has 0 atom stereocenters. The molecule has 1 aromatic rings. The number of likely N-dealkylation sites (tertiary alicyclic amines) is 1. The monoisotopic (exact) mass is 237 g/mol. The maximum absolute atomic E-state index is 12.0. The van der Waals surface area contributed by atoms with Crippen LogP contribution >= 0.6 is 0 Å². The summed E-state index contributed by atoms with van der Waals surface area (Å²) in [5, 5.41) is 6.29. The third-order valence-electron chi connectivity index (χ3n) is 3.07. The number of aromatic nitrogens is 2. The Hall–Kier alpha value is -2.05. The highest BCUT2D eigenvalue weighted by Crippen LogP contribution is 2.19. The predicted octanol–water partition coefficient (Wildman–Crippen LogP) is -0.671. The summed E-state index contributed by atoms with van der Waals surface area (Å²) in [6.45, 7) is 1.04. The lowest BCUT2D eigenvalue weighted by Crippen LogP contribution is -2.42. The number of H-pyrrole nitrogens is 1. The Morgan fingerprint density at radius 3 is 2.53 bits per heavy atom. The van der Waals surface area contributed by atoms with Gasteiger partial charge in [-0.1, -0.05) is 0 Å². The number of carbonyl (C=O) groups excluding carboxylic acids is 2. The van der Waals surface area contributed by atoms with Crippen molar-refractivity contribution < 1.29 is 9.59 Å². The summed E-state index contributed by atoms with van der Waals surface area (Å²) in [4.78, 5) is 24.7. The molecule has 0 radical (unpaired) electrons. The van der Waals surface area contributed by atoms with Gasteiger partial charge < -0.3 is 16.4 Å². The van der Waals surface area contributed by atoms with E-state index < -0.39 is 0 Å². The minimum atomic E-state index is -0.293. The Bertz CT molecular complexity index is 434. The van der Waals surface area contributed by atoms with Gasteiger partial charge in [0.25, 0.3) is 5.91 Å². The highest BCUT2D eigenvalue weighted by Gasteiger charge is 2.27. The molecule has 2 heterocycles. The van der Waals surface area contributed by atoms with E-state index in [0.717, 1.165) is 0 Å². The van der Waals surface area contributed by atoms with Crippen LogP contribution in [-0.2, 0) is 4.79 Å². The number of nitrogens with one attached hydrogen (secondary N) is 1. The molecule has 1 aliphatic rings. The largest absolute Gasteiger partial charge is 0.396 e. The fraction of sp³-hybridized carbons (Fsp3) is 0.500. The Morgan fingerprint density at radius 1 is 1.41 bits per heavy atom. The topological polar surface area (TPSA) is 118 Å². The first-order valence-electron chi connectivity index (χ1n) is 5.47. The van der Waals surface area contributed by atoms with Crippen molar-refractivity contribution in [1.29, 1.82) is 0 Å². The molecular weight excluding hydrogens is 222 g/mol. The third kappa shape index (κ3) is 2.22. The van der Waals surface area contributed by atoms with Crippen molar-refractivity contribution in [3.63, 3.8) is 0 Å². The number of primary amides is 1. The molecule has 0 spiro atoms. The zero-order valence-corrected chi connectivity index (χ0v) is 9.35. The third-order valence-corrected chi connectivity index (χ3v) is 3.07. The van der Waals surface area contributed by atoms with Crippen molar-refractivity contribution >= 4 is 17.5 Å². The molecule has 7 heteroatoms. The first-order chi connectivity index (χ1) is 8.09. The van der Waals surface area contributed by atoms with Gasteiger partial charge in [0.2, 0.25) is 5.91 Å². The summed E-state index contributed by atoms with van der Waals surface area (Å²) in [5.41, 5.74) is 11.5. The first-order valence-corrected chi connectivity index (χ1v) is 5.47. The molecule has 0 saturated carbocycles. The van der Waals surface area contributed by atoms with Crippen LogP contribution in [0.2, 0.25) is 0 Å². The molecule has 92 valence electrons. The molecule has 5 N–H and O–H groups in total. The number of nitrogens with zero attached hydrogens (tertiary/aromatic N) is 2. The normalized spacial score (nSPS) is 17.1. The summed E-state index contributed by atoms with van der Waals surface area (Å²) in [6.07, 6.45) is 2.62. The molecular formula is C10H15N5O2. The van der Waals surface area contributed by atoms with E-state index >= 15 is 0 Å². The number of amides is 2. The summed E-state index contributed by atoms with van der Waals surface area (Å²) in [7, 11) is 0. The average Bonchev–Trinajstić information content (AvgIpc) is 2.74. The molecule has 0 aromatic carbocycles. The van der Waals surface area contributed by atoms with Crippen molar-refractivity contribution in [3.8, 4) is 0 Å². The molecule has 1 fully saturated rings. The van der Waals surface area contributed by atoms with E-state index in [0.29, 0.717) is 37.3 Å². The van der Waals surface area contributed by atoms with Gasteiger partial charge in [0.15, 0.2) is 0 Å². The number of hydrogen-bond donors (Lipinski definition) is 3. The fourth-order valence-corrected chi connectivity index (χ4v) is 1.99. The molecule has 2 rings (SSSR count). The number of nitrogens with two attached hydrogens (primary N) is 2. The van der Waals surface area contributed by atoms with Crippen molar-refractivity contribution in [2.75, 3.05) is 18.8 Å². The van der Waals surface area contributed by atoms with Crippen LogP contribution in [0.5, 0.6) is 0 Å². The molecule has 1 aliphatic heterocycles. The second-order valence-corrected chi connectivity index (χ2v) is 4.17. The van der Waals surface area contributed by atoms with E-state index in [-0.39, 0.29) is 17.7 Å². The summed E-state index contributed by atoms with van der Waals surface area (Å²) >= 11 is 0. The average molecular weight is 237 g/mol. The molecule has 2 amide bonds. The van der Waals surface area contributed by atoms with Crippen LogP contribution in [0.25, 0.3) is 0 Å². The number of anilines is 1. The van der Waals surface area contributed by atoms with Crippen LogP contribution in [0.3, 0.4) is 0 Å². The van der Waals surface area contributed by atoms with Crippen LogP contribution in [-0.4, -0.2) is 40.0 Å². The number of hydrogen-bond acceptors (Lipinski definition) is 4. The van der Waals surface area contributed by atoms with Gasteiger partial charge in [0, 0.05) is 19.0 Å². The van der Waals surface area contributed by atoms with Gasteiger partial charge in [-0.3, -0.25) is 14.7 Å². The van der Waals surface area contributed by atoms with E-state index in [1.54, 1.807) is 4.90 Å². The summed E-state index contributed by atoms with van der Waals surface area (Å²) in [5.74, 6) is -0.598. The lowest BCUT2D eigenvalue weighted by Gasteiger charge is -2.30. The van der Waals surface area contributed by atoms with Crippen LogP contribution in [0.4, 0.5) is 5.69 Å². The number of aromatic amines is 1. The Morgan fingerprint density at radius 2 is 2.06 bits per heavy atom. The van der Waals surface area contributed by atoms with E-state index in [1.165, 1.54) is 6.20 Å². The van der Waals surface area contributed by atoms with Gasteiger partial charge in [-0.05, 0) is 12.8 Å².